The molecule has 0 aromatic rings. The minimum Gasteiger partial charge on any atom is -0.350 e. The van der Waals surface area contributed by atoms with Crippen LogP contribution in [0.3, 0.4) is 0 Å². The Balaban J connectivity index is 2.15. The Morgan fingerprint density at radius 1 is 1.44 bits per heavy atom. The van der Waals surface area contributed by atoms with Gasteiger partial charge in [-0.15, -0.1) is 0 Å². The van der Waals surface area contributed by atoms with E-state index in [2.05, 4.69) is 15.5 Å². The molecule has 2 amide bonds. The van der Waals surface area contributed by atoms with Gasteiger partial charge in [-0.3, -0.25) is 14.5 Å². The van der Waals surface area contributed by atoms with E-state index in [0.29, 0.717) is 0 Å². The molecule has 0 radical (unpaired) electrons. The number of fused-ring (bicyclic) bond motifs is 1. The zero-order valence-corrected chi connectivity index (χ0v) is 11.6. The molecule has 2 aliphatic heterocycles. The summed E-state index contributed by atoms with van der Waals surface area (Å²) in [6.07, 6.45) is 1.85. The molecule has 5 nitrogen and oxygen atoms in total. The van der Waals surface area contributed by atoms with Gasteiger partial charge in [0.1, 0.15) is 6.04 Å². The topological polar surface area (TPSA) is 61.4 Å². The molecular formula is C13H23N3O2. The minimum atomic E-state index is -0.243. The first-order valence-corrected chi connectivity index (χ1v) is 6.68. The third kappa shape index (κ3) is 2.51. The fourth-order valence-electron chi connectivity index (χ4n) is 2.91. The Morgan fingerprint density at radius 3 is 2.72 bits per heavy atom. The third-order valence-electron chi connectivity index (χ3n) is 3.56. The van der Waals surface area contributed by atoms with Crippen LogP contribution in [0.1, 0.15) is 40.5 Å². The van der Waals surface area contributed by atoms with Gasteiger partial charge in [0.15, 0.2) is 0 Å². The van der Waals surface area contributed by atoms with E-state index in [0.717, 1.165) is 19.4 Å². The molecular weight excluding hydrogens is 230 g/mol. The first-order valence-electron chi connectivity index (χ1n) is 6.68. The molecule has 2 saturated heterocycles. The van der Waals surface area contributed by atoms with Crippen molar-refractivity contribution in [1.29, 1.82) is 0 Å². The number of nitrogens with one attached hydrogen (secondary N) is 2. The van der Waals surface area contributed by atoms with Gasteiger partial charge in [0, 0.05) is 5.54 Å². The Morgan fingerprint density at radius 2 is 2.11 bits per heavy atom. The summed E-state index contributed by atoms with van der Waals surface area (Å²) in [5.41, 5.74) is -0.243. The number of hydrogen-bond acceptors (Lipinski definition) is 3. The van der Waals surface area contributed by atoms with Crippen molar-refractivity contribution in [3.8, 4) is 0 Å². The Bertz CT molecular complexity index is 362. The van der Waals surface area contributed by atoms with E-state index in [-0.39, 0.29) is 35.5 Å². The van der Waals surface area contributed by atoms with Crippen LogP contribution in [-0.2, 0) is 9.59 Å². The summed E-state index contributed by atoms with van der Waals surface area (Å²) in [5.74, 6) is 0.0849. The highest BCUT2D eigenvalue weighted by Gasteiger charge is 2.46. The lowest BCUT2D eigenvalue weighted by molar-refractivity contribution is -0.138. The van der Waals surface area contributed by atoms with Crippen LogP contribution in [0.25, 0.3) is 0 Å². The molecule has 5 heteroatoms. The average molecular weight is 253 g/mol. The highest BCUT2D eigenvalue weighted by molar-refractivity contribution is 5.89. The van der Waals surface area contributed by atoms with Crippen LogP contribution in [0, 0.1) is 0 Å². The van der Waals surface area contributed by atoms with E-state index in [1.165, 1.54) is 0 Å². The lowest BCUT2D eigenvalue weighted by atomic mass is 9.99. The molecule has 2 rings (SSSR count). The molecule has 0 aliphatic carbocycles. The van der Waals surface area contributed by atoms with Crippen molar-refractivity contribution in [3.05, 3.63) is 0 Å². The van der Waals surface area contributed by atoms with Gasteiger partial charge < -0.3 is 10.6 Å². The fourth-order valence-corrected chi connectivity index (χ4v) is 2.91. The summed E-state index contributed by atoms with van der Waals surface area (Å²) in [4.78, 5) is 26.3. The van der Waals surface area contributed by atoms with Crippen LogP contribution in [0.2, 0.25) is 0 Å². The van der Waals surface area contributed by atoms with Crippen molar-refractivity contribution in [1.82, 2.24) is 15.5 Å². The number of amides is 2. The van der Waals surface area contributed by atoms with Gasteiger partial charge in [0.25, 0.3) is 0 Å². The van der Waals surface area contributed by atoms with E-state index in [4.69, 9.17) is 0 Å². The predicted molar refractivity (Wildman–Crippen MR) is 69.0 cm³/mol. The summed E-state index contributed by atoms with van der Waals surface area (Å²) in [7, 11) is 0. The number of carbonyl (C=O) groups excluding carboxylic acids is 2. The highest BCUT2D eigenvalue weighted by atomic mass is 16.2. The maximum atomic E-state index is 12.4. The number of carbonyl (C=O) groups is 2. The van der Waals surface area contributed by atoms with E-state index in [9.17, 15) is 9.59 Å². The second-order valence-corrected chi connectivity index (χ2v) is 6.38. The normalized spacial score (nSPS) is 32.9. The van der Waals surface area contributed by atoms with Gasteiger partial charge in [-0.05, 0) is 47.1 Å². The van der Waals surface area contributed by atoms with Crippen LogP contribution < -0.4 is 10.6 Å². The van der Waals surface area contributed by atoms with Gasteiger partial charge in [-0.1, -0.05) is 0 Å². The summed E-state index contributed by atoms with van der Waals surface area (Å²) < 4.78 is 0. The number of rotatable bonds is 1. The van der Waals surface area contributed by atoms with Crippen molar-refractivity contribution >= 4 is 11.8 Å². The number of piperazine rings is 1. The van der Waals surface area contributed by atoms with Crippen molar-refractivity contribution in [2.24, 2.45) is 0 Å². The quantitative estimate of drug-likeness (QED) is 0.704. The molecule has 2 heterocycles. The monoisotopic (exact) mass is 253 g/mol. The van der Waals surface area contributed by atoms with Crippen molar-refractivity contribution in [3.63, 3.8) is 0 Å². The third-order valence-corrected chi connectivity index (χ3v) is 3.56. The van der Waals surface area contributed by atoms with Gasteiger partial charge in [0.05, 0.1) is 12.1 Å². The van der Waals surface area contributed by atoms with Crippen LogP contribution in [0.4, 0.5) is 0 Å². The summed E-state index contributed by atoms with van der Waals surface area (Å²) >= 11 is 0. The summed E-state index contributed by atoms with van der Waals surface area (Å²) in [6, 6.07) is -0.486. The van der Waals surface area contributed by atoms with E-state index < -0.39 is 0 Å². The SMILES string of the molecule is C[C@@H]1NC(=O)[C@@H]2CCCN2[C@H]1C(=O)NC(C)(C)C. The molecule has 0 bridgehead atoms. The second kappa shape index (κ2) is 4.53. The lowest BCUT2D eigenvalue weighted by Crippen LogP contribution is -2.67. The molecule has 2 aliphatic rings. The molecule has 2 N–H and O–H groups in total. The van der Waals surface area contributed by atoms with Crippen LogP contribution in [0.15, 0.2) is 0 Å². The standard InChI is InChI=1S/C13H23N3O2/c1-8-10(12(18)15-13(2,3)4)16-7-5-6-9(16)11(17)14-8/h8-10H,5-7H2,1-4H3,(H,14,17)(H,15,18)/t8-,9-,10+/m0/s1. The Labute approximate surface area is 108 Å². The Hall–Kier alpha value is -1.10. The van der Waals surface area contributed by atoms with Crippen molar-refractivity contribution in [2.75, 3.05) is 6.54 Å². The minimum absolute atomic E-state index is 0.0156. The molecule has 0 unspecified atom stereocenters. The summed E-state index contributed by atoms with van der Waals surface area (Å²) in [5, 5.41) is 5.94. The molecule has 0 aromatic heterocycles. The van der Waals surface area contributed by atoms with Gasteiger partial charge in [-0.25, -0.2) is 0 Å². The fraction of sp³-hybridized carbons (Fsp3) is 0.846. The molecule has 0 saturated carbocycles. The lowest BCUT2D eigenvalue weighted by Gasteiger charge is -2.41. The van der Waals surface area contributed by atoms with Crippen molar-refractivity contribution < 1.29 is 9.59 Å². The largest absolute Gasteiger partial charge is 0.350 e. The summed E-state index contributed by atoms with van der Waals surface area (Å²) in [6.45, 7) is 8.65. The zero-order valence-electron chi connectivity index (χ0n) is 11.6. The molecule has 0 spiro atoms. The van der Waals surface area contributed by atoms with Gasteiger partial charge >= 0.3 is 0 Å². The highest BCUT2D eigenvalue weighted by Crippen LogP contribution is 2.26. The van der Waals surface area contributed by atoms with E-state index in [1.807, 2.05) is 27.7 Å². The van der Waals surface area contributed by atoms with Crippen molar-refractivity contribution in [2.45, 2.75) is 64.2 Å². The zero-order chi connectivity index (χ0) is 13.5. The molecule has 2 fully saturated rings. The molecule has 3 atom stereocenters. The predicted octanol–water partition coefficient (Wildman–Crippen LogP) is 0.252. The second-order valence-electron chi connectivity index (χ2n) is 6.38. The van der Waals surface area contributed by atoms with Crippen LogP contribution in [0.5, 0.6) is 0 Å². The van der Waals surface area contributed by atoms with Crippen LogP contribution in [-0.4, -0.2) is 46.9 Å². The van der Waals surface area contributed by atoms with Crippen LogP contribution >= 0.6 is 0 Å². The average Bonchev–Trinajstić information content (AvgIpc) is 2.63. The van der Waals surface area contributed by atoms with Gasteiger partial charge in [-0.2, -0.15) is 0 Å². The van der Waals surface area contributed by atoms with E-state index >= 15 is 0 Å². The number of hydrogen-bond donors (Lipinski definition) is 2. The maximum absolute atomic E-state index is 12.4. The Kier molecular flexibility index (Phi) is 3.36. The molecule has 18 heavy (non-hydrogen) atoms. The molecule has 102 valence electrons. The number of nitrogens with zero attached hydrogens (tertiary/aromatic N) is 1. The smallest absolute Gasteiger partial charge is 0.239 e. The first kappa shape index (κ1) is 13.3. The van der Waals surface area contributed by atoms with E-state index in [1.54, 1.807) is 0 Å². The maximum Gasteiger partial charge on any atom is 0.239 e. The molecule has 0 aromatic carbocycles. The van der Waals surface area contributed by atoms with Gasteiger partial charge in [0.2, 0.25) is 11.8 Å². The first-order chi connectivity index (χ1) is 8.29.